The van der Waals surface area contributed by atoms with E-state index in [1.54, 1.807) is 0 Å². The molecule has 1 atom stereocenters. The summed E-state index contributed by atoms with van der Waals surface area (Å²) in [6, 6.07) is 11.1. The van der Waals surface area contributed by atoms with Crippen LogP contribution in [0, 0.1) is 0 Å². The highest BCUT2D eigenvalue weighted by Crippen LogP contribution is 2.09. The molecular formula is C16H27N3. The van der Waals surface area contributed by atoms with Crippen molar-refractivity contribution in [2.24, 2.45) is 5.73 Å². The van der Waals surface area contributed by atoms with Crippen LogP contribution >= 0.6 is 0 Å². The molecule has 106 valence electrons. The van der Waals surface area contributed by atoms with Crippen molar-refractivity contribution in [3.8, 4) is 0 Å². The fourth-order valence-electron chi connectivity index (χ4n) is 2.57. The molecule has 3 heteroatoms. The molecule has 0 aromatic heterocycles. The lowest BCUT2D eigenvalue weighted by Crippen LogP contribution is -2.46. The largest absolute Gasteiger partial charge is 0.328 e. The van der Waals surface area contributed by atoms with Crippen LogP contribution in [0.2, 0.25) is 0 Å². The predicted octanol–water partition coefficient (Wildman–Crippen LogP) is 1.93. The molecule has 1 aromatic carbocycles. The summed E-state index contributed by atoms with van der Waals surface area (Å²) in [5.74, 6) is 0. The Bertz CT molecular complexity index is 344. The summed E-state index contributed by atoms with van der Waals surface area (Å²) in [6.07, 6.45) is 2.23. The number of benzene rings is 1. The van der Waals surface area contributed by atoms with Crippen molar-refractivity contribution >= 4 is 0 Å². The van der Waals surface area contributed by atoms with Crippen molar-refractivity contribution in [3.05, 3.63) is 35.9 Å². The molecule has 1 heterocycles. The summed E-state index contributed by atoms with van der Waals surface area (Å²) < 4.78 is 0. The minimum Gasteiger partial charge on any atom is -0.328 e. The Labute approximate surface area is 117 Å². The van der Waals surface area contributed by atoms with Crippen LogP contribution in [0.25, 0.3) is 0 Å². The van der Waals surface area contributed by atoms with Crippen LogP contribution in [0.3, 0.4) is 0 Å². The summed E-state index contributed by atoms with van der Waals surface area (Å²) in [7, 11) is 0. The topological polar surface area (TPSA) is 32.5 Å². The van der Waals surface area contributed by atoms with E-state index in [0.717, 1.165) is 25.9 Å². The number of hydrogen-bond donors (Lipinski definition) is 1. The highest BCUT2D eigenvalue weighted by atomic mass is 15.3. The van der Waals surface area contributed by atoms with E-state index in [2.05, 4.69) is 47.1 Å². The Morgan fingerprint density at radius 2 is 1.68 bits per heavy atom. The third-order valence-corrected chi connectivity index (χ3v) is 4.05. The van der Waals surface area contributed by atoms with Gasteiger partial charge in [-0.2, -0.15) is 0 Å². The maximum Gasteiger partial charge on any atom is 0.0234 e. The Morgan fingerprint density at radius 3 is 2.32 bits per heavy atom. The van der Waals surface area contributed by atoms with E-state index in [-0.39, 0.29) is 0 Å². The molecule has 1 aliphatic heterocycles. The maximum atomic E-state index is 5.98. The number of rotatable bonds is 6. The first-order valence-corrected chi connectivity index (χ1v) is 7.52. The van der Waals surface area contributed by atoms with Gasteiger partial charge in [0.25, 0.3) is 0 Å². The van der Waals surface area contributed by atoms with Crippen LogP contribution in [0.5, 0.6) is 0 Å². The van der Waals surface area contributed by atoms with Crippen molar-refractivity contribution in [1.82, 2.24) is 9.80 Å². The zero-order valence-electron chi connectivity index (χ0n) is 12.1. The molecule has 0 amide bonds. The van der Waals surface area contributed by atoms with Gasteiger partial charge in [0.05, 0.1) is 0 Å². The van der Waals surface area contributed by atoms with Gasteiger partial charge in [-0.15, -0.1) is 0 Å². The second-order valence-electron chi connectivity index (χ2n) is 5.56. The molecule has 1 fully saturated rings. The molecular weight excluding hydrogens is 234 g/mol. The molecule has 0 spiro atoms. The van der Waals surface area contributed by atoms with Crippen LogP contribution in [0.4, 0.5) is 0 Å². The number of nitrogens with two attached hydrogens (primary N) is 1. The molecule has 1 unspecified atom stereocenters. The van der Waals surface area contributed by atoms with E-state index in [4.69, 9.17) is 5.73 Å². The summed E-state index contributed by atoms with van der Waals surface area (Å²) in [6.45, 7) is 9.14. The van der Waals surface area contributed by atoms with Crippen molar-refractivity contribution in [2.45, 2.75) is 32.4 Å². The molecule has 2 rings (SSSR count). The second-order valence-corrected chi connectivity index (χ2v) is 5.56. The molecule has 0 radical (unpaired) electrons. The standard InChI is InChI=1S/C16H27N3/c1-2-16(17)8-9-18-10-12-19(13-11-18)14-15-6-4-3-5-7-15/h3-7,16H,2,8-14,17H2,1H3. The lowest BCUT2D eigenvalue weighted by molar-refractivity contribution is 0.124. The van der Waals surface area contributed by atoms with Crippen LogP contribution in [0.15, 0.2) is 30.3 Å². The van der Waals surface area contributed by atoms with Gasteiger partial charge in [-0.25, -0.2) is 0 Å². The molecule has 0 aliphatic carbocycles. The molecule has 1 saturated heterocycles. The molecule has 1 aliphatic rings. The van der Waals surface area contributed by atoms with Gasteiger partial charge in [0.1, 0.15) is 0 Å². The fraction of sp³-hybridized carbons (Fsp3) is 0.625. The van der Waals surface area contributed by atoms with E-state index < -0.39 is 0 Å². The summed E-state index contributed by atoms with van der Waals surface area (Å²) in [5, 5.41) is 0. The smallest absolute Gasteiger partial charge is 0.0234 e. The van der Waals surface area contributed by atoms with Crippen molar-refractivity contribution in [3.63, 3.8) is 0 Å². The molecule has 0 saturated carbocycles. The Balaban J connectivity index is 1.68. The average Bonchev–Trinajstić information content (AvgIpc) is 2.47. The van der Waals surface area contributed by atoms with Crippen molar-refractivity contribution in [1.29, 1.82) is 0 Å². The van der Waals surface area contributed by atoms with Crippen molar-refractivity contribution in [2.75, 3.05) is 32.7 Å². The zero-order valence-corrected chi connectivity index (χ0v) is 12.1. The van der Waals surface area contributed by atoms with Gasteiger partial charge in [0.2, 0.25) is 0 Å². The third-order valence-electron chi connectivity index (χ3n) is 4.05. The molecule has 19 heavy (non-hydrogen) atoms. The average molecular weight is 261 g/mol. The first-order chi connectivity index (χ1) is 9.28. The fourth-order valence-corrected chi connectivity index (χ4v) is 2.57. The minimum absolute atomic E-state index is 0.377. The Morgan fingerprint density at radius 1 is 1.05 bits per heavy atom. The van der Waals surface area contributed by atoms with E-state index in [1.807, 2.05) is 0 Å². The first kappa shape index (κ1) is 14.5. The van der Waals surface area contributed by atoms with Crippen molar-refractivity contribution < 1.29 is 0 Å². The van der Waals surface area contributed by atoms with Gasteiger partial charge in [-0.05, 0) is 24.9 Å². The highest BCUT2D eigenvalue weighted by Gasteiger charge is 2.16. The maximum absolute atomic E-state index is 5.98. The molecule has 2 N–H and O–H groups in total. The van der Waals surface area contributed by atoms with Gasteiger partial charge in [-0.1, -0.05) is 37.3 Å². The molecule has 3 nitrogen and oxygen atoms in total. The quantitative estimate of drug-likeness (QED) is 0.849. The van der Waals surface area contributed by atoms with Gasteiger partial charge >= 0.3 is 0 Å². The Hall–Kier alpha value is -0.900. The van der Waals surface area contributed by atoms with Gasteiger partial charge in [-0.3, -0.25) is 4.90 Å². The lowest BCUT2D eigenvalue weighted by Gasteiger charge is -2.35. The summed E-state index contributed by atoms with van der Waals surface area (Å²) >= 11 is 0. The van der Waals surface area contributed by atoms with Gasteiger partial charge < -0.3 is 10.6 Å². The second kappa shape index (κ2) is 7.63. The van der Waals surface area contributed by atoms with Crippen LogP contribution in [-0.2, 0) is 6.54 Å². The minimum atomic E-state index is 0.377. The lowest BCUT2D eigenvalue weighted by atomic mass is 10.1. The number of nitrogens with zero attached hydrogens (tertiary/aromatic N) is 2. The van der Waals surface area contributed by atoms with E-state index in [1.165, 1.54) is 31.7 Å². The SMILES string of the molecule is CCC(N)CCN1CCN(Cc2ccccc2)CC1. The highest BCUT2D eigenvalue weighted by molar-refractivity contribution is 5.14. The zero-order chi connectivity index (χ0) is 13.5. The van der Waals surface area contributed by atoms with Gasteiger partial charge in [0, 0.05) is 38.8 Å². The van der Waals surface area contributed by atoms with Crippen LogP contribution < -0.4 is 5.73 Å². The monoisotopic (exact) mass is 261 g/mol. The van der Waals surface area contributed by atoms with Crippen LogP contribution in [0.1, 0.15) is 25.3 Å². The first-order valence-electron chi connectivity index (χ1n) is 7.52. The third kappa shape index (κ3) is 4.94. The van der Waals surface area contributed by atoms with Gasteiger partial charge in [0.15, 0.2) is 0 Å². The van der Waals surface area contributed by atoms with E-state index in [9.17, 15) is 0 Å². The van der Waals surface area contributed by atoms with Crippen LogP contribution in [-0.4, -0.2) is 48.6 Å². The molecule has 0 bridgehead atoms. The predicted molar refractivity (Wildman–Crippen MR) is 81.0 cm³/mol. The summed E-state index contributed by atoms with van der Waals surface area (Å²) in [5.41, 5.74) is 7.40. The van der Waals surface area contributed by atoms with E-state index >= 15 is 0 Å². The molecule has 1 aromatic rings. The summed E-state index contributed by atoms with van der Waals surface area (Å²) in [4.78, 5) is 5.10. The van der Waals surface area contributed by atoms with E-state index in [0.29, 0.717) is 6.04 Å². The number of piperazine rings is 1. The Kier molecular flexibility index (Phi) is 5.83. The normalized spacial score (nSPS) is 19.5. The number of hydrogen-bond acceptors (Lipinski definition) is 3.